The molecule has 3 atom stereocenters. The third kappa shape index (κ3) is 5.54. The van der Waals surface area contributed by atoms with Crippen molar-refractivity contribution < 1.29 is 41.1 Å². The van der Waals surface area contributed by atoms with Gasteiger partial charge in [-0.05, 0) is 31.0 Å². The first kappa shape index (κ1) is 28.0. The summed E-state index contributed by atoms with van der Waals surface area (Å²) < 4.78 is 75.5. The smallest absolute Gasteiger partial charge is 0.408 e. The van der Waals surface area contributed by atoms with Gasteiger partial charge in [0.25, 0.3) is 5.91 Å². The van der Waals surface area contributed by atoms with Crippen molar-refractivity contribution in [3.8, 4) is 5.75 Å². The number of nitrogens with one attached hydrogen (secondary N) is 3. The zero-order chi connectivity index (χ0) is 27.9. The maximum Gasteiger partial charge on any atom is 0.408 e. The summed E-state index contributed by atoms with van der Waals surface area (Å²) in [6, 6.07) is 0.267. The SMILES string of the molecule is C[C@@H](NC(=O)C(=O)N1C[C@H]2COc3c(c(Cl)n(C)c3C(=O)Nc3ccc(F)c(F)c3)SN[C@H]2C1)C(F)(F)F. The monoisotopic (exact) mass is 581 g/mol. The number of amides is 3. The number of aromatic nitrogens is 1. The number of benzene rings is 1. The Hall–Kier alpha value is -3.04. The maximum absolute atomic E-state index is 13.6. The highest BCUT2D eigenvalue weighted by molar-refractivity contribution is 7.97. The first-order chi connectivity index (χ1) is 17.8. The third-order valence-corrected chi connectivity index (χ3v) is 7.70. The Kier molecular flexibility index (Phi) is 7.81. The zero-order valence-corrected chi connectivity index (χ0v) is 21.4. The fourth-order valence-corrected chi connectivity index (χ4v) is 5.29. The zero-order valence-electron chi connectivity index (χ0n) is 19.8. The molecule has 0 spiro atoms. The van der Waals surface area contributed by atoms with Crippen molar-refractivity contribution in [3.05, 3.63) is 40.7 Å². The van der Waals surface area contributed by atoms with Crippen molar-refractivity contribution >= 4 is 47.0 Å². The molecule has 0 radical (unpaired) electrons. The van der Waals surface area contributed by atoms with E-state index in [1.165, 1.54) is 17.7 Å². The minimum atomic E-state index is -4.70. The second kappa shape index (κ2) is 10.6. The Labute approximate surface area is 222 Å². The molecule has 3 amide bonds. The van der Waals surface area contributed by atoms with Crippen LogP contribution in [0.1, 0.15) is 17.4 Å². The molecule has 0 aliphatic carbocycles. The van der Waals surface area contributed by atoms with Gasteiger partial charge < -0.3 is 24.8 Å². The number of hydrogen-bond acceptors (Lipinski definition) is 6. The lowest BCUT2D eigenvalue weighted by atomic mass is 10.1. The summed E-state index contributed by atoms with van der Waals surface area (Å²) in [4.78, 5) is 39.1. The molecule has 16 heteroatoms. The fourth-order valence-electron chi connectivity index (χ4n) is 3.99. The predicted octanol–water partition coefficient (Wildman–Crippen LogP) is 3.09. The molecule has 1 fully saturated rings. The molecule has 2 aromatic rings. The number of hydrogen-bond donors (Lipinski definition) is 3. The molecule has 0 unspecified atom stereocenters. The molecule has 9 nitrogen and oxygen atoms in total. The topological polar surface area (TPSA) is 105 Å². The molecular weight excluding hydrogens is 561 g/mol. The van der Waals surface area contributed by atoms with Gasteiger partial charge in [-0.2, -0.15) is 13.2 Å². The Morgan fingerprint density at radius 3 is 2.58 bits per heavy atom. The average molecular weight is 582 g/mol. The van der Waals surface area contributed by atoms with Gasteiger partial charge in [0.05, 0.1) is 6.61 Å². The average Bonchev–Trinajstić information content (AvgIpc) is 3.33. The van der Waals surface area contributed by atoms with E-state index in [9.17, 15) is 36.3 Å². The van der Waals surface area contributed by atoms with Crippen LogP contribution in [-0.4, -0.2) is 65.1 Å². The second-order valence-corrected chi connectivity index (χ2v) is 9.99. The first-order valence-corrected chi connectivity index (χ1v) is 12.3. The van der Waals surface area contributed by atoms with E-state index in [0.717, 1.165) is 35.9 Å². The van der Waals surface area contributed by atoms with Gasteiger partial charge in [-0.25, -0.2) is 8.78 Å². The van der Waals surface area contributed by atoms with Gasteiger partial charge in [0.15, 0.2) is 23.1 Å². The Balaban J connectivity index is 1.48. The van der Waals surface area contributed by atoms with Crippen molar-refractivity contribution in [2.45, 2.75) is 30.1 Å². The lowest BCUT2D eigenvalue weighted by Crippen LogP contribution is -2.50. The van der Waals surface area contributed by atoms with Crippen LogP contribution < -0.4 is 20.1 Å². The molecule has 4 rings (SSSR count). The third-order valence-electron chi connectivity index (χ3n) is 6.15. The lowest BCUT2D eigenvalue weighted by Gasteiger charge is -2.23. The van der Waals surface area contributed by atoms with Gasteiger partial charge in [0.1, 0.15) is 16.1 Å². The molecule has 38 heavy (non-hydrogen) atoms. The number of anilines is 1. The molecular formula is C22H21ClF5N5O4S. The van der Waals surface area contributed by atoms with Crippen LogP contribution in [0.3, 0.4) is 0 Å². The van der Waals surface area contributed by atoms with Crippen LogP contribution in [0.25, 0.3) is 0 Å². The highest BCUT2D eigenvalue weighted by Crippen LogP contribution is 2.42. The molecule has 3 heterocycles. The van der Waals surface area contributed by atoms with E-state index in [4.69, 9.17) is 16.3 Å². The highest BCUT2D eigenvalue weighted by atomic mass is 35.5. The summed E-state index contributed by atoms with van der Waals surface area (Å²) in [5.74, 6) is -5.69. The van der Waals surface area contributed by atoms with Crippen LogP contribution in [0, 0.1) is 17.6 Å². The Morgan fingerprint density at radius 2 is 1.92 bits per heavy atom. The summed E-state index contributed by atoms with van der Waals surface area (Å²) >= 11 is 7.44. The molecule has 0 bridgehead atoms. The van der Waals surface area contributed by atoms with Gasteiger partial charge in [-0.3, -0.25) is 19.1 Å². The lowest BCUT2D eigenvalue weighted by molar-refractivity contribution is -0.162. The summed E-state index contributed by atoms with van der Waals surface area (Å²) in [5.41, 5.74) is -0.00588. The van der Waals surface area contributed by atoms with E-state index < -0.39 is 47.6 Å². The summed E-state index contributed by atoms with van der Waals surface area (Å²) in [7, 11) is 1.51. The van der Waals surface area contributed by atoms with E-state index in [1.807, 2.05) is 0 Å². The van der Waals surface area contributed by atoms with Crippen molar-refractivity contribution in [1.29, 1.82) is 0 Å². The first-order valence-electron chi connectivity index (χ1n) is 11.1. The minimum absolute atomic E-state index is 0.000256. The number of alkyl halides is 3. The molecule has 2 aliphatic rings. The van der Waals surface area contributed by atoms with Crippen molar-refractivity contribution in [1.82, 2.24) is 19.5 Å². The van der Waals surface area contributed by atoms with Crippen LogP contribution in [0.15, 0.2) is 23.1 Å². The van der Waals surface area contributed by atoms with Gasteiger partial charge in [0, 0.05) is 43.9 Å². The van der Waals surface area contributed by atoms with Crippen LogP contribution >= 0.6 is 23.5 Å². The van der Waals surface area contributed by atoms with E-state index in [-0.39, 0.29) is 47.9 Å². The van der Waals surface area contributed by atoms with E-state index in [2.05, 4.69) is 10.0 Å². The number of rotatable bonds is 3. The fraction of sp³-hybridized carbons (Fsp3) is 0.409. The van der Waals surface area contributed by atoms with Crippen molar-refractivity contribution in [2.24, 2.45) is 13.0 Å². The molecule has 1 saturated heterocycles. The van der Waals surface area contributed by atoms with Crippen molar-refractivity contribution in [2.75, 3.05) is 25.0 Å². The van der Waals surface area contributed by atoms with Crippen LogP contribution in [0.2, 0.25) is 5.15 Å². The predicted molar refractivity (Wildman–Crippen MR) is 127 cm³/mol. The van der Waals surface area contributed by atoms with Gasteiger partial charge >= 0.3 is 18.0 Å². The molecule has 2 aliphatic heterocycles. The number of ether oxygens (including phenoxy) is 1. The summed E-state index contributed by atoms with van der Waals surface area (Å²) in [6.07, 6.45) is -4.70. The minimum Gasteiger partial charge on any atom is -0.489 e. The van der Waals surface area contributed by atoms with Gasteiger partial charge in [0.2, 0.25) is 0 Å². The van der Waals surface area contributed by atoms with Gasteiger partial charge in [-0.1, -0.05) is 11.6 Å². The normalized spacial score (nSPS) is 19.9. The Bertz CT molecular complexity index is 1290. The Morgan fingerprint density at radius 1 is 1.21 bits per heavy atom. The van der Waals surface area contributed by atoms with E-state index in [0.29, 0.717) is 4.90 Å². The van der Waals surface area contributed by atoms with Gasteiger partial charge in [-0.15, -0.1) is 0 Å². The summed E-state index contributed by atoms with van der Waals surface area (Å²) in [6.45, 7) is 0.742. The van der Waals surface area contributed by atoms with Crippen LogP contribution in [-0.2, 0) is 16.6 Å². The summed E-state index contributed by atoms with van der Waals surface area (Å²) in [5, 5.41) is 4.25. The standard InChI is InChI=1S/C22H21ClF5N5O4S/c1-9(22(26,27)28)29-20(35)21(36)33-6-10-8-37-16-15(19(34)30-11-3-4-12(24)13(25)5-11)32(2)18(23)17(16)38-31-14(10)7-33/h3-5,9-10,14,31H,6-8H2,1-2H3,(H,29,35)(H,30,34)/t9-,10+,14+/m1/s1. The van der Waals surface area contributed by atoms with E-state index in [1.54, 1.807) is 5.32 Å². The number of halogens is 6. The second-order valence-electron chi connectivity index (χ2n) is 8.78. The molecule has 206 valence electrons. The number of likely N-dealkylation sites (tertiary alicyclic amines) is 1. The van der Waals surface area contributed by atoms with Crippen LogP contribution in [0.5, 0.6) is 5.75 Å². The number of nitrogens with zero attached hydrogens (tertiary/aromatic N) is 2. The quantitative estimate of drug-likeness (QED) is 0.292. The number of carbonyl (C=O) groups is 3. The van der Waals surface area contributed by atoms with E-state index >= 15 is 0 Å². The van der Waals surface area contributed by atoms with Crippen molar-refractivity contribution in [3.63, 3.8) is 0 Å². The number of carbonyl (C=O) groups excluding carboxylic acids is 3. The largest absolute Gasteiger partial charge is 0.489 e. The van der Waals surface area contributed by atoms with Crippen LogP contribution in [0.4, 0.5) is 27.6 Å². The molecule has 1 aromatic heterocycles. The number of fused-ring (bicyclic) bond motifs is 2. The maximum atomic E-state index is 13.6. The molecule has 0 saturated carbocycles. The molecule has 1 aromatic carbocycles. The highest BCUT2D eigenvalue weighted by Gasteiger charge is 2.43. The molecule has 3 N–H and O–H groups in total.